The van der Waals surface area contributed by atoms with E-state index in [4.69, 9.17) is 23.7 Å². The highest BCUT2D eigenvalue weighted by atomic mass is 16.7. The molecule has 0 aliphatic carbocycles. The van der Waals surface area contributed by atoms with Crippen molar-refractivity contribution < 1.29 is 28.5 Å². The van der Waals surface area contributed by atoms with E-state index in [-0.39, 0.29) is 12.7 Å². The monoisotopic (exact) mass is 499 g/mol. The summed E-state index contributed by atoms with van der Waals surface area (Å²) in [6.45, 7) is 0.536. The molecule has 6 rings (SSSR count). The number of aromatic amines is 1. The van der Waals surface area contributed by atoms with Gasteiger partial charge >= 0.3 is 0 Å². The third-order valence-corrected chi connectivity index (χ3v) is 6.75. The summed E-state index contributed by atoms with van der Waals surface area (Å²) in [5.41, 5.74) is 4.55. The summed E-state index contributed by atoms with van der Waals surface area (Å²) in [7, 11) is 4.84. The van der Waals surface area contributed by atoms with Crippen LogP contribution in [-0.2, 0) is 6.54 Å². The molecule has 0 spiro atoms. The van der Waals surface area contributed by atoms with Crippen molar-refractivity contribution in [3.63, 3.8) is 0 Å². The van der Waals surface area contributed by atoms with E-state index in [2.05, 4.69) is 10.2 Å². The molecule has 1 N–H and O–H groups in total. The standard InChI is InChI=1S/C28H25N3O6/c1-33-18-7-5-17(6-8-18)25-24-26(30-29-25)28(32)31(14-16-4-11-21-23(12-16)37-15-36-21)27(24)20-10-9-19(34-2)13-22(20)35-3/h4-13,27H,14-15H2,1-3H3,(H,29,30). The maximum Gasteiger partial charge on any atom is 0.273 e. The Labute approximate surface area is 213 Å². The summed E-state index contributed by atoms with van der Waals surface area (Å²) in [6, 6.07) is 18.5. The topological polar surface area (TPSA) is 95.1 Å². The highest BCUT2D eigenvalue weighted by molar-refractivity contribution is 6.00. The van der Waals surface area contributed by atoms with Gasteiger partial charge in [0.15, 0.2) is 11.5 Å². The fourth-order valence-corrected chi connectivity index (χ4v) is 4.93. The summed E-state index contributed by atoms with van der Waals surface area (Å²) in [6.07, 6.45) is 0. The molecule has 3 heterocycles. The van der Waals surface area contributed by atoms with Gasteiger partial charge in [-0.05, 0) is 54.1 Å². The Morgan fingerprint density at radius 1 is 0.919 bits per heavy atom. The zero-order valence-electron chi connectivity index (χ0n) is 20.6. The van der Waals surface area contributed by atoms with Crippen molar-refractivity contribution in [2.45, 2.75) is 12.6 Å². The summed E-state index contributed by atoms with van der Waals surface area (Å²) >= 11 is 0. The van der Waals surface area contributed by atoms with Crippen LogP contribution in [-0.4, -0.2) is 49.1 Å². The maximum absolute atomic E-state index is 13.8. The first-order valence-corrected chi connectivity index (χ1v) is 11.8. The van der Waals surface area contributed by atoms with Crippen LogP contribution in [0.3, 0.4) is 0 Å². The Bertz CT molecular complexity index is 1480. The van der Waals surface area contributed by atoms with Crippen LogP contribution in [0.15, 0.2) is 60.7 Å². The zero-order valence-corrected chi connectivity index (χ0v) is 20.6. The van der Waals surface area contributed by atoms with E-state index in [1.54, 1.807) is 21.3 Å². The molecule has 37 heavy (non-hydrogen) atoms. The number of rotatable bonds is 7. The van der Waals surface area contributed by atoms with Crippen molar-refractivity contribution in [1.29, 1.82) is 0 Å². The van der Waals surface area contributed by atoms with Gasteiger partial charge in [0.25, 0.3) is 5.91 Å². The van der Waals surface area contributed by atoms with E-state index in [0.29, 0.717) is 40.9 Å². The predicted molar refractivity (Wildman–Crippen MR) is 134 cm³/mol. The van der Waals surface area contributed by atoms with Crippen molar-refractivity contribution >= 4 is 5.91 Å². The van der Waals surface area contributed by atoms with Crippen LogP contribution >= 0.6 is 0 Å². The third kappa shape index (κ3) is 3.79. The van der Waals surface area contributed by atoms with Gasteiger partial charge in [-0.25, -0.2) is 0 Å². The summed E-state index contributed by atoms with van der Waals surface area (Å²) in [5, 5.41) is 7.55. The molecule has 2 aliphatic rings. The average molecular weight is 500 g/mol. The van der Waals surface area contributed by atoms with Gasteiger partial charge < -0.3 is 28.6 Å². The Balaban J connectivity index is 1.48. The van der Waals surface area contributed by atoms with Gasteiger partial charge in [0, 0.05) is 29.3 Å². The molecule has 1 unspecified atom stereocenters. The number of fused-ring (bicyclic) bond motifs is 2. The van der Waals surface area contributed by atoms with Crippen molar-refractivity contribution in [3.05, 3.63) is 83.0 Å². The molecule has 2 aliphatic heterocycles. The number of aromatic nitrogens is 2. The number of H-pyrrole nitrogens is 1. The van der Waals surface area contributed by atoms with Gasteiger partial charge in [-0.2, -0.15) is 5.10 Å². The minimum atomic E-state index is -0.454. The van der Waals surface area contributed by atoms with Gasteiger partial charge in [-0.3, -0.25) is 9.89 Å². The minimum absolute atomic E-state index is 0.150. The smallest absolute Gasteiger partial charge is 0.273 e. The zero-order chi connectivity index (χ0) is 25.5. The van der Waals surface area contributed by atoms with E-state index >= 15 is 0 Å². The first-order chi connectivity index (χ1) is 18.1. The number of carbonyl (C=O) groups excluding carboxylic acids is 1. The summed E-state index contributed by atoms with van der Waals surface area (Å²) in [4.78, 5) is 15.6. The Kier molecular flexibility index (Phi) is 5.60. The molecule has 188 valence electrons. The molecule has 3 aromatic carbocycles. The van der Waals surface area contributed by atoms with Crippen LogP contribution in [0, 0.1) is 0 Å². The number of hydrogen-bond donors (Lipinski definition) is 1. The van der Waals surface area contributed by atoms with Crippen LogP contribution in [0.1, 0.15) is 33.2 Å². The number of nitrogens with zero attached hydrogens (tertiary/aromatic N) is 2. The minimum Gasteiger partial charge on any atom is -0.497 e. The molecule has 0 radical (unpaired) electrons. The maximum atomic E-state index is 13.8. The van der Waals surface area contributed by atoms with E-state index in [1.807, 2.05) is 65.6 Å². The number of nitrogens with one attached hydrogen (secondary N) is 1. The van der Waals surface area contributed by atoms with Gasteiger partial charge in [0.2, 0.25) is 6.79 Å². The van der Waals surface area contributed by atoms with Crippen LogP contribution in [0.4, 0.5) is 0 Å². The molecule has 0 saturated carbocycles. The van der Waals surface area contributed by atoms with E-state index in [9.17, 15) is 4.79 Å². The molecule has 9 nitrogen and oxygen atoms in total. The van der Waals surface area contributed by atoms with Crippen molar-refractivity contribution in [1.82, 2.24) is 15.1 Å². The molecule has 4 aromatic rings. The quantitative estimate of drug-likeness (QED) is 0.398. The summed E-state index contributed by atoms with van der Waals surface area (Å²) in [5.74, 6) is 3.23. The number of benzene rings is 3. The SMILES string of the molecule is COc1ccc(-c2n[nH]c3c2C(c2ccc(OC)cc2OC)N(Cc2ccc4c(c2)OCO4)C3=O)cc1. The van der Waals surface area contributed by atoms with Gasteiger partial charge in [-0.15, -0.1) is 0 Å². The number of ether oxygens (including phenoxy) is 5. The predicted octanol–water partition coefficient (Wildman–Crippen LogP) is 4.58. The lowest BCUT2D eigenvalue weighted by Gasteiger charge is -2.28. The normalized spacial score (nSPS) is 15.6. The highest BCUT2D eigenvalue weighted by Crippen LogP contribution is 2.47. The van der Waals surface area contributed by atoms with E-state index in [0.717, 1.165) is 28.0 Å². The van der Waals surface area contributed by atoms with Crippen molar-refractivity contribution in [2.24, 2.45) is 0 Å². The number of methoxy groups -OCH3 is 3. The second kappa shape index (κ2) is 9.09. The number of amides is 1. The van der Waals surface area contributed by atoms with Crippen LogP contribution < -0.4 is 23.7 Å². The molecule has 0 bridgehead atoms. The molecule has 0 saturated heterocycles. The molecule has 1 aromatic heterocycles. The number of hydrogen-bond acceptors (Lipinski definition) is 7. The fourth-order valence-electron chi connectivity index (χ4n) is 4.93. The molecule has 9 heteroatoms. The lowest BCUT2D eigenvalue weighted by Crippen LogP contribution is -2.29. The summed E-state index contributed by atoms with van der Waals surface area (Å²) < 4.78 is 27.5. The fraction of sp³-hybridized carbons (Fsp3) is 0.214. The lowest BCUT2D eigenvalue weighted by atomic mass is 9.95. The first-order valence-electron chi connectivity index (χ1n) is 11.8. The molecule has 1 amide bonds. The molecular formula is C28H25N3O6. The molecular weight excluding hydrogens is 474 g/mol. The van der Waals surface area contributed by atoms with Gasteiger partial charge in [0.1, 0.15) is 22.9 Å². The highest BCUT2D eigenvalue weighted by Gasteiger charge is 2.43. The molecule has 0 fully saturated rings. The largest absolute Gasteiger partial charge is 0.497 e. The van der Waals surface area contributed by atoms with E-state index < -0.39 is 6.04 Å². The first kappa shape index (κ1) is 22.8. The Hall–Kier alpha value is -4.66. The van der Waals surface area contributed by atoms with Crippen LogP contribution in [0.2, 0.25) is 0 Å². The van der Waals surface area contributed by atoms with Crippen molar-refractivity contribution in [2.75, 3.05) is 28.1 Å². The van der Waals surface area contributed by atoms with E-state index in [1.165, 1.54) is 0 Å². The Morgan fingerprint density at radius 2 is 1.68 bits per heavy atom. The second-order valence-corrected chi connectivity index (χ2v) is 8.72. The number of carbonyl (C=O) groups is 1. The van der Waals surface area contributed by atoms with Crippen molar-refractivity contribution in [3.8, 4) is 40.0 Å². The van der Waals surface area contributed by atoms with Crippen LogP contribution in [0.5, 0.6) is 28.7 Å². The third-order valence-electron chi connectivity index (χ3n) is 6.75. The van der Waals surface area contributed by atoms with Crippen LogP contribution in [0.25, 0.3) is 11.3 Å². The van der Waals surface area contributed by atoms with Gasteiger partial charge in [0.05, 0.1) is 33.1 Å². The average Bonchev–Trinajstić information content (AvgIpc) is 3.65. The lowest BCUT2D eigenvalue weighted by molar-refractivity contribution is 0.0728. The second-order valence-electron chi connectivity index (χ2n) is 8.72. The van der Waals surface area contributed by atoms with Gasteiger partial charge in [-0.1, -0.05) is 6.07 Å². The Morgan fingerprint density at radius 3 is 2.43 bits per heavy atom. The molecule has 1 atom stereocenters.